The summed E-state index contributed by atoms with van der Waals surface area (Å²) in [4.78, 5) is 0. The number of hydrogen-bond donors (Lipinski definition) is 0. The average molecular weight is 1400 g/mol. The maximum atomic E-state index is 5.74. The highest BCUT2D eigenvalue weighted by molar-refractivity contribution is 5.47. The first-order valence-electron chi connectivity index (χ1n) is 34.5. The number of rotatable bonds is 34. The summed E-state index contributed by atoms with van der Waals surface area (Å²) in [5, 5.41) is 0. The van der Waals surface area contributed by atoms with E-state index >= 15 is 0 Å². The van der Waals surface area contributed by atoms with E-state index in [4.69, 9.17) is 47.4 Å². The minimum absolute atomic E-state index is 0. The van der Waals surface area contributed by atoms with Crippen molar-refractivity contribution in [2.24, 2.45) is 11.8 Å². The summed E-state index contributed by atoms with van der Waals surface area (Å²) in [5.74, 6) is 1.59. The van der Waals surface area contributed by atoms with Crippen molar-refractivity contribution in [3.8, 4) is 0 Å². The van der Waals surface area contributed by atoms with Gasteiger partial charge in [0.2, 0.25) is 0 Å². The van der Waals surface area contributed by atoms with Crippen LogP contribution in [0.2, 0.25) is 0 Å². The highest BCUT2D eigenvalue weighted by Gasteiger charge is 2.51. The van der Waals surface area contributed by atoms with Crippen LogP contribution in [-0.2, 0) is 53.8 Å². The molecule has 10 aliphatic heterocycles. The fourth-order valence-corrected chi connectivity index (χ4v) is 16.8. The lowest BCUT2D eigenvalue weighted by molar-refractivity contribution is -0.963. The second-order valence-corrected chi connectivity index (χ2v) is 30.4. The van der Waals surface area contributed by atoms with E-state index < -0.39 is 0 Å². The predicted molar refractivity (Wildman–Crippen MR) is 333 cm³/mol. The molecule has 0 radical (unpaired) electrons. The Morgan fingerprint density at radius 1 is 0.308 bits per heavy atom. The Morgan fingerprint density at radius 3 is 0.769 bits per heavy atom. The molecule has 2 aromatic rings. The third kappa shape index (κ3) is 23.9. The molecule has 0 aromatic heterocycles. The van der Waals surface area contributed by atoms with Gasteiger partial charge in [0, 0.05) is 37.5 Å². The number of hydrogen-bond acceptors (Lipinski definition) is 10. The Kier molecular flexibility index (Phi) is 30.2. The Morgan fingerprint density at radius 2 is 0.538 bits per heavy atom. The molecule has 2 saturated carbocycles. The Balaban J connectivity index is 0.000000214. The normalized spacial score (nSPS) is 32.2. The third-order valence-electron chi connectivity index (χ3n) is 22.6. The van der Waals surface area contributed by atoms with Crippen LogP contribution in [0.5, 0.6) is 0 Å². The van der Waals surface area contributed by atoms with Crippen LogP contribution in [0.4, 0.5) is 11.4 Å². The number of halogens is 6. The summed E-state index contributed by atoms with van der Waals surface area (Å²) >= 11 is 0. The number of nitrogens with zero attached hydrogens (tertiary/aromatic N) is 6. The van der Waals surface area contributed by atoms with Gasteiger partial charge in [-0.05, 0) is 88.8 Å². The number of ether oxygens (including phenoxy) is 10. The van der Waals surface area contributed by atoms with Crippen molar-refractivity contribution in [1.29, 1.82) is 0 Å². The van der Waals surface area contributed by atoms with Crippen LogP contribution in [0.3, 0.4) is 0 Å². The maximum absolute atomic E-state index is 5.74. The predicted octanol–water partition coefficient (Wildman–Crippen LogP) is -11.1. The summed E-state index contributed by atoms with van der Waals surface area (Å²) in [7, 11) is 9.01. The van der Waals surface area contributed by atoms with Gasteiger partial charge in [0.1, 0.15) is 138 Å². The monoisotopic (exact) mass is 1400 g/mol. The number of epoxide rings is 10. The first-order valence-corrected chi connectivity index (χ1v) is 34.5. The van der Waals surface area contributed by atoms with E-state index in [2.05, 4.69) is 104 Å². The summed E-state index contributed by atoms with van der Waals surface area (Å²) in [6.07, 6.45) is 16.8. The van der Waals surface area contributed by atoms with E-state index in [-0.39, 0.29) is 74.4 Å². The molecule has 524 valence electrons. The first kappa shape index (κ1) is 79.5. The molecule has 16 nitrogen and oxygen atoms in total. The van der Waals surface area contributed by atoms with Crippen molar-refractivity contribution >= 4 is 11.4 Å². The molecule has 2 aliphatic carbocycles. The number of benzene rings is 2. The standard InChI is InChI=1S/C26H44N2O6.C23H32N2O2.C20H40N2O2.6ClH/c1-2-19(5-27(7-21-13-29-21,8-22-14-30-22)9-23-15-31-23)4-20(3-1)6-28(10-24-16-32-24,11-25-17-33-25)12-26-18-34-26;1-24(2,14-22-16-26-22)20-9-5-18(6-10-20)13-19-7-11-21(12-8-19)25(3,4)15-23-17-27-23;1-5-21(6-2,13-19-15-23-19)17-9-11-18(12-10-17)22(7-3,8-4)14-20-16-24-20;;;;;;/h19-26H,1-18H2;5-12,22-23H,13-17H2,1-4H3;17-20H,5-16H2,1-4H3;6*1H/q3*+2;;;;;;/p-6. The Bertz CT molecular complexity index is 2190. The van der Waals surface area contributed by atoms with Gasteiger partial charge in [0.05, 0.1) is 146 Å². The first-order chi connectivity index (χ1) is 41.1. The summed E-state index contributed by atoms with van der Waals surface area (Å²) < 4.78 is 63.0. The van der Waals surface area contributed by atoms with E-state index in [9.17, 15) is 0 Å². The van der Waals surface area contributed by atoms with Gasteiger partial charge >= 0.3 is 0 Å². The van der Waals surface area contributed by atoms with Gasteiger partial charge in [-0.2, -0.15) is 0 Å². The van der Waals surface area contributed by atoms with Crippen molar-refractivity contribution in [1.82, 2.24) is 8.97 Å². The molecule has 14 rings (SSSR count). The lowest BCUT2D eigenvalue weighted by Crippen LogP contribution is -3.00. The molecule has 2 aromatic carbocycles. The summed E-state index contributed by atoms with van der Waals surface area (Å²) in [6, 6.07) is 19.8. The molecule has 0 amide bonds. The molecular weight excluding hydrogens is 1290 g/mol. The zero-order valence-electron chi connectivity index (χ0n) is 56.5. The molecular formula is C69H116Cl6N6O10. The molecule has 0 bridgehead atoms. The quantitative estimate of drug-likeness (QED) is 0.0494. The van der Waals surface area contributed by atoms with Crippen LogP contribution in [0.1, 0.15) is 90.2 Å². The molecule has 10 saturated heterocycles. The molecule has 10 heterocycles. The Hall–Kier alpha value is -0.460. The molecule has 12 unspecified atom stereocenters. The lowest BCUT2D eigenvalue weighted by atomic mass is 9.79. The average Bonchev–Trinajstić information content (AvgIpc) is 1.76. The second-order valence-electron chi connectivity index (χ2n) is 30.4. The van der Waals surface area contributed by atoms with E-state index in [0.29, 0.717) is 61.0 Å². The van der Waals surface area contributed by atoms with E-state index in [1.807, 2.05) is 0 Å². The minimum Gasteiger partial charge on any atom is -1.00 e. The van der Waals surface area contributed by atoms with E-state index in [1.54, 1.807) is 0 Å². The molecule has 12 fully saturated rings. The zero-order valence-corrected chi connectivity index (χ0v) is 61.0. The summed E-state index contributed by atoms with van der Waals surface area (Å²) in [6.45, 7) is 38.2. The highest BCUT2D eigenvalue weighted by Crippen LogP contribution is 2.40. The molecule has 22 heteroatoms. The third-order valence-corrected chi connectivity index (χ3v) is 22.6. The maximum Gasteiger partial charge on any atom is 0.132 e. The lowest BCUT2D eigenvalue weighted by Gasteiger charge is -2.50. The van der Waals surface area contributed by atoms with Gasteiger partial charge in [0.25, 0.3) is 0 Å². The van der Waals surface area contributed by atoms with E-state index in [1.165, 1.54) is 135 Å². The van der Waals surface area contributed by atoms with Gasteiger partial charge in [-0.1, -0.05) is 30.7 Å². The molecule has 12 aliphatic rings. The van der Waals surface area contributed by atoms with Crippen molar-refractivity contribution < 1.29 is 140 Å². The SMILES string of the molecule is C1CC(C[N+](CC2CO2)(CC2CO2)CC2CO2)CC(C[N+](CC2CO2)(CC2CO2)CC2CO2)C1.CC[N+](CC)(CC1CO1)C1CCC([N+](CC)(CC)CC2CO2)CC1.C[N+](C)(CC1CO1)c1ccc(Cc2ccc([N+](C)(C)CC3CO3)cc2)cc1.[Cl-].[Cl-].[Cl-].[Cl-].[Cl-].[Cl-]. The highest BCUT2D eigenvalue weighted by atomic mass is 35.5. The van der Waals surface area contributed by atoms with Crippen molar-refractivity contribution in [3.63, 3.8) is 0 Å². The minimum atomic E-state index is 0. The van der Waals surface area contributed by atoms with Crippen LogP contribution in [0.15, 0.2) is 48.5 Å². The van der Waals surface area contributed by atoms with Crippen LogP contribution < -0.4 is 83.4 Å². The fraction of sp³-hybridized carbons (Fsp3) is 0.826. The molecule has 12 atom stereocenters. The fourth-order valence-electron chi connectivity index (χ4n) is 16.8. The van der Waals surface area contributed by atoms with Gasteiger partial charge < -0.3 is 140 Å². The topological polar surface area (TPSA) is 125 Å². The van der Waals surface area contributed by atoms with Crippen molar-refractivity contribution in [2.45, 2.75) is 159 Å². The number of quaternary nitrogens is 6. The van der Waals surface area contributed by atoms with Crippen LogP contribution in [0.25, 0.3) is 0 Å². The largest absolute Gasteiger partial charge is 1.00 e. The van der Waals surface area contributed by atoms with Crippen molar-refractivity contribution in [2.75, 3.05) is 199 Å². The van der Waals surface area contributed by atoms with Crippen LogP contribution in [-0.4, -0.2) is 290 Å². The van der Waals surface area contributed by atoms with Gasteiger partial charge in [-0.3, -0.25) is 8.97 Å². The molecule has 0 N–H and O–H groups in total. The summed E-state index contributed by atoms with van der Waals surface area (Å²) in [5.41, 5.74) is 5.39. The second kappa shape index (κ2) is 34.5. The molecule has 0 spiro atoms. The van der Waals surface area contributed by atoms with E-state index in [0.717, 1.165) is 167 Å². The van der Waals surface area contributed by atoms with Crippen LogP contribution in [0, 0.1) is 11.8 Å². The van der Waals surface area contributed by atoms with Gasteiger partial charge in [-0.15, -0.1) is 0 Å². The van der Waals surface area contributed by atoms with Gasteiger partial charge in [0.15, 0.2) is 0 Å². The smallest absolute Gasteiger partial charge is 0.132 e. The zero-order chi connectivity index (χ0) is 58.9. The Labute approximate surface area is 585 Å². The number of likely N-dealkylation sites (N-methyl/N-ethyl adjacent to an activating group) is 4. The van der Waals surface area contributed by atoms with Crippen LogP contribution >= 0.6 is 0 Å². The van der Waals surface area contributed by atoms with Crippen molar-refractivity contribution in [3.05, 3.63) is 59.7 Å². The van der Waals surface area contributed by atoms with Gasteiger partial charge in [-0.25, -0.2) is 0 Å². The molecule has 91 heavy (non-hydrogen) atoms.